The Bertz CT molecular complexity index is 868. The molecule has 2 saturated carbocycles. The van der Waals surface area contributed by atoms with Gasteiger partial charge >= 0.3 is 0 Å². The highest BCUT2D eigenvalue weighted by atomic mass is 127. The zero-order valence-electron chi connectivity index (χ0n) is 18.1. The number of amides is 1. The van der Waals surface area contributed by atoms with Gasteiger partial charge in [0.25, 0.3) is 5.91 Å². The standard InChI is InChI=1S/C24H30INO6/c25-15-9-3-4-10-16(15)26-21(27)19-17-18(30-23(29-17)11-5-1-6-12-23)20-22(28-19)32-24(31-20)13-7-2-8-14-24/h3-4,9-10,17-20,22H,1-2,5-8,11-14H2,(H,26,27)/t17-,18-,19+,20+,22-/m0/s1. The number of fused-ring (bicyclic) bond motifs is 3. The molecule has 1 aromatic rings. The highest BCUT2D eigenvalue weighted by molar-refractivity contribution is 14.1. The van der Waals surface area contributed by atoms with Crippen molar-refractivity contribution in [1.82, 2.24) is 0 Å². The first-order chi connectivity index (χ1) is 15.6. The number of carbonyl (C=O) groups excluding carboxylic acids is 1. The minimum absolute atomic E-state index is 0.229. The van der Waals surface area contributed by atoms with Crippen LogP contribution < -0.4 is 5.32 Å². The molecule has 2 spiro atoms. The quantitative estimate of drug-likeness (QED) is 0.543. The molecule has 32 heavy (non-hydrogen) atoms. The van der Waals surface area contributed by atoms with Crippen molar-refractivity contribution in [3.05, 3.63) is 27.8 Å². The second kappa shape index (κ2) is 8.46. The second-order valence-corrected chi connectivity index (χ2v) is 10.9. The lowest BCUT2D eigenvalue weighted by atomic mass is 9.94. The van der Waals surface area contributed by atoms with Gasteiger partial charge in [-0.3, -0.25) is 4.79 Å². The lowest BCUT2D eigenvalue weighted by Gasteiger charge is -2.36. The van der Waals surface area contributed by atoms with Crippen molar-refractivity contribution in [2.75, 3.05) is 5.32 Å². The van der Waals surface area contributed by atoms with Gasteiger partial charge in [-0.05, 0) is 60.4 Å². The Morgan fingerprint density at radius 1 is 0.812 bits per heavy atom. The molecule has 3 heterocycles. The first-order valence-corrected chi connectivity index (χ1v) is 13.1. The van der Waals surface area contributed by atoms with Crippen molar-refractivity contribution in [1.29, 1.82) is 0 Å². The molecule has 5 aliphatic rings. The SMILES string of the molecule is O=C(Nc1ccccc1I)[C@@H]1O[C@H]2OC3(CCCCC3)O[C@@H]2[C@H]2OC3(CCCCC3)O[C@@H]21. The lowest BCUT2D eigenvalue weighted by Crippen LogP contribution is -2.58. The summed E-state index contributed by atoms with van der Waals surface area (Å²) in [6.45, 7) is 0. The number of hydrogen-bond acceptors (Lipinski definition) is 6. The average Bonchev–Trinajstić information content (AvgIpc) is 3.33. The van der Waals surface area contributed by atoms with Gasteiger partial charge in [-0.2, -0.15) is 0 Å². The molecule has 3 saturated heterocycles. The van der Waals surface area contributed by atoms with Gasteiger partial charge in [-0.1, -0.05) is 25.0 Å². The van der Waals surface area contributed by atoms with Crippen molar-refractivity contribution < 1.29 is 28.5 Å². The van der Waals surface area contributed by atoms with E-state index >= 15 is 0 Å². The Morgan fingerprint density at radius 3 is 2.09 bits per heavy atom. The van der Waals surface area contributed by atoms with E-state index in [0.717, 1.165) is 60.6 Å². The van der Waals surface area contributed by atoms with Gasteiger partial charge in [0, 0.05) is 29.3 Å². The molecule has 8 heteroatoms. The van der Waals surface area contributed by atoms with Crippen LogP contribution in [0.1, 0.15) is 64.2 Å². The Morgan fingerprint density at radius 2 is 1.41 bits per heavy atom. The molecule has 2 aliphatic carbocycles. The summed E-state index contributed by atoms with van der Waals surface area (Å²) >= 11 is 2.22. The van der Waals surface area contributed by atoms with E-state index in [9.17, 15) is 4.79 Å². The van der Waals surface area contributed by atoms with Gasteiger partial charge in [0.05, 0.1) is 5.69 Å². The number of halogens is 1. The maximum atomic E-state index is 13.4. The van der Waals surface area contributed by atoms with Crippen LogP contribution in [0.5, 0.6) is 0 Å². The van der Waals surface area contributed by atoms with Gasteiger partial charge in [0.2, 0.25) is 0 Å². The number of anilines is 1. The van der Waals surface area contributed by atoms with E-state index in [1.807, 2.05) is 24.3 Å². The summed E-state index contributed by atoms with van der Waals surface area (Å²) in [5.74, 6) is -1.49. The Kier molecular flexibility index (Phi) is 5.75. The number of benzene rings is 1. The largest absolute Gasteiger partial charge is 0.341 e. The maximum Gasteiger partial charge on any atom is 0.256 e. The number of rotatable bonds is 2. The fourth-order valence-electron chi connectivity index (χ4n) is 5.93. The summed E-state index contributed by atoms with van der Waals surface area (Å²) in [6.07, 6.45) is 7.34. The summed E-state index contributed by atoms with van der Waals surface area (Å²) in [7, 11) is 0. The number of ether oxygens (including phenoxy) is 5. The Balaban J connectivity index is 1.28. The zero-order valence-corrected chi connectivity index (χ0v) is 20.3. The van der Waals surface area contributed by atoms with E-state index in [0.29, 0.717) is 0 Å². The molecule has 0 aromatic heterocycles. The normalized spacial score (nSPS) is 37.2. The molecule has 5 atom stereocenters. The van der Waals surface area contributed by atoms with Crippen LogP contribution in [0.15, 0.2) is 24.3 Å². The van der Waals surface area contributed by atoms with Crippen LogP contribution >= 0.6 is 22.6 Å². The van der Waals surface area contributed by atoms with Crippen molar-refractivity contribution >= 4 is 34.2 Å². The van der Waals surface area contributed by atoms with Gasteiger partial charge < -0.3 is 29.0 Å². The zero-order chi connectivity index (χ0) is 21.8. The first-order valence-electron chi connectivity index (χ1n) is 12.0. The predicted octanol–water partition coefficient (Wildman–Crippen LogP) is 4.47. The number of nitrogens with one attached hydrogen (secondary N) is 1. The molecule has 5 fully saturated rings. The van der Waals surface area contributed by atoms with E-state index in [1.165, 1.54) is 12.8 Å². The highest BCUT2D eigenvalue weighted by Gasteiger charge is 2.65. The molecule has 7 nitrogen and oxygen atoms in total. The van der Waals surface area contributed by atoms with Crippen LogP contribution in [-0.4, -0.2) is 48.2 Å². The second-order valence-electron chi connectivity index (χ2n) is 9.70. The van der Waals surface area contributed by atoms with E-state index < -0.39 is 30.1 Å². The van der Waals surface area contributed by atoms with E-state index in [1.54, 1.807) is 0 Å². The lowest BCUT2D eigenvalue weighted by molar-refractivity contribution is -0.246. The van der Waals surface area contributed by atoms with Crippen molar-refractivity contribution in [3.8, 4) is 0 Å². The molecular formula is C24H30INO6. The number of para-hydroxylation sites is 1. The molecular weight excluding hydrogens is 525 g/mol. The third kappa shape index (κ3) is 3.80. The fraction of sp³-hybridized carbons (Fsp3) is 0.708. The molecule has 1 amide bonds. The summed E-state index contributed by atoms with van der Waals surface area (Å²) in [6, 6.07) is 7.71. The van der Waals surface area contributed by atoms with Crippen LogP contribution in [0.25, 0.3) is 0 Å². The summed E-state index contributed by atoms with van der Waals surface area (Å²) in [5.41, 5.74) is 0.763. The number of hydrogen-bond donors (Lipinski definition) is 1. The molecule has 174 valence electrons. The van der Waals surface area contributed by atoms with Crippen molar-refractivity contribution in [3.63, 3.8) is 0 Å². The maximum absolute atomic E-state index is 13.4. The highest BCUT2D eigenvalue weighted by Crippen LogP contribution is 2.51. The molecule has 0 unspecified atom stereocenters. The van der Waals surface area contributed by atoms with Crippen LogP contribution in [0.3, 0.4) is 0 Å². The molecule has 1 N–H and O–H groups in total. The third-order valence-corrected chi connectivity index (χ3v) is 8.44. The third-order valence-electron chi connectivity index (χ3n) is 7.50. The first kappa shape index (κ1) is 21.7. The molecule has 0 bridgehead atoms. The minimum atomic E-state index is -0.819. The Labute approximate surface area is 202 Å². The van der Waals surface area contributed by atoms with Gasteiger partial charge in [0.1, 0.15) is 18.3 Å². The van der Waals surface area contributed by atoms with E-state index in [4.69, 9.17) is 23.7 Å². The topological polar surface area (TPSA) is 75.3 Å². The summed E-state index contributed by atoms with van der Waals surface area (Å²) in [5, 5.41) is 3.03. The Hall–Kier alpha value is -0.780. The monoisotopic (exact) mass is 555 g/mol. The van der Waals surface area contributed by atoms with Gasteiger partial charge in [-0.25, -0.2) is 0 Å². The van der Waals surface area contributed by atoms with Crippen LogP contribution in [0, 0.1) is 3.57 Å². The molecule has 1 aromatic carbocycles. The summed E-state index contributed by atoms with van der Waals surface area (Å²) < 4.78 is 33.3. The van der Waals surface area contributed by atoms with Crippen molar-refractivity contribution in [2.24, 2.45) is 0 Å². The van der Waals surface area contributed by atoms with E-state index in [-0.39, 0.29) is 18.1 Å². The van der Waals surface area contributed by atoms with Crippen LogP contribution in [-0.2, 0) is 28.5 Å². The predicted molar refractivity (Wildman–Crippen MR) is 124 cm³/mol. The fourth-order valence-corrected chi connectivity index (χ4v) is 6.46. The van der Waals surface area contributed by atoms with Gasteiger partial charge in [0.15, 0.2) is 24.0 Å². The molecule has 0 radical (unpaired) electrons. The van der Waals surface area contributed by atoms with Crippen LogP contribution in [0.2, 0.25) is 0 Å². The van der Waals surface area contributed by atoms with Gasteiger partial charge in [-0.15, -0.1) is 0 Å². The van der Waals surface area contributed by atoms with Crippen molar-refractivity contribution in [2.45, 2.75) is 106 Å². The summed E-state index contributed by atoms with van der Waals surface area (Å²) in [4.78, 5) is 13.4. The average molecular weight is 555 g/mol. The van der Waals surface area contributed by atoms with Crippen LogP contribution in [0.4, 0.5) is 5.69 Å². The molecule has 3 aliphatic heterocycles. The number of carbonyl (C=O) groups is 1. The van der Waals surface area contributed by atoms with E-state index in [2.05, 4.69) is 27.9 Å². The molecule has 6 rings (SSSR count). The smallest absolute Gasteiger partial charge is 0.256 e. The minimum Gasteiger partial charge on any atom is -0.341 e.